The minimum absolute atomic E-state index is 0.00663. The van der Waals surface area contributed by atoms with Crippen molar-refractivity contribution in [1.82, 2.24) is 21.3 Å². The lowest BCUT2D eigenvalue weighted by atomic mass is 10.1. The largest absolute Gasteiger partial charge is 0.481 e. The number of carbonyl (C=O) groups excluding carboxylic acids is 3. The third-order valence-electron chi connectivity index (χ3n) is 11.5. The molecule has 76 heavy (non-hydrogen) atoms. The van der Waals surface area contributed by atoms with Crippen LogP contribution >= 0.6 is 15.8 Å². The van der Waals surface area contributed by atoms with E-state index in [1.165, 1.54) is 0 Å². The lowest BCUT2D eigenvalue weighted by Crippen LogP contribution is -2.51. The summed E-state index contributed by atoms with van der Waals surface area (Å²) in [6.07, 6.45) is -0.0540. The summed E-state index contributed by atoms with van der Waals surface area (Å²) in [5.41, 5.74) is 4.14. The van der Waals surface area contributed by atoms with Crippen LogP contribution in [0.4, 0.5) is 4.79 Å². The highest BCUT2D eigenvalue weighted by atomic mass is 31.1. The topological polar surface area (TPSA) is 285 Å². The van der Waals surface area contributed by atoms with E-state index in [4.69, 9.17) is 24.1 Å². The number of ether oxygens (including phenoxy) is 4. The molecule has 0 bridgehead atoms. The summed E-state index contributed by atoms with van der Waals surface area (Å²) < 4.78 is 22.5. The first-order valence-electron chi connectivity index (χ1n) is 24.9. The highest BCUT2D eigenvalue weighted by Crippen LogP contribution is 2.54. The fourth-order valence-corrected chi connectivity index (χ4v) is 12.5. The van der Waals surface area contributed by atoms with Gasteiger partial charge in [-0.15, -0.1) is 0 Å². The summed E-state index contributed by atoms with van der Waals surface area (Å²) in [7, 11) is -3.38. The summed E-state index contributed by atoms with van der Waals surface area (Å²) in [6, 6.07) is 27.6. The Hall–Kier alpha value is -6.59. The zero-order valence-electron chi connectivity index (χ0n) is 43.4. The van der Waals surface area contributed by atoms with Crippen LogP contribution < -0.4 is 42.5 Å². The van der Waals surface area contributed by atoms with Crippen LogP contribution in [-0.2, 0) is 47.7 Å². The van der Waals surface area contributed by atoms with Crippen molar-refractivity contribution in [3.8, 4) is 0 Å². The average molecular weight is 1090 g/mol. The maximum atomic E-state index is 14.8. The van der Waals surface area contributed by atoms with E-state index in [-0.39, 0.29) is 102 Å². The Balaban J connectivity index is 1.19. The summed E-state index contributed by atoms with van der Waals surface area (Å²) in [5, 5.41) is 52.3. The molecule has 0 saturated carbocycles. The quantitative estimate of drug-likeness (QED) is 0.0176. The lowest BCUT2D eigenvalue weighted by Gasteiger charge is -2.28. The van der Waals surface area contributed by atoms with Crippen LogP contribution in [0.5, 0.6) is 0 Å². The fraction of sp³-hybridized carbons (Fsp3) is 0.400. The molecule has 410 valence electrons. The van der Waals surface area contributed by atoms with Crippen LogP contribution in [0.25, 0.3) is 0 Å². The number of unbranched alkanes of at least 4 members (excludes halogenated alkanes) is 1. The molecule has 2 atom stereocenters. The molecule has 0 saturated heterocycles. The van der Waals surface area contributed by atoms with Crippen LogP contribution in [0.2, 0.25) is 0 Å². The van der Waals surface area contributed by atoms with Gasteiger partial charge in [-0.1, -0.05) is 119 Å². The second-order valence-corrected chi connectivity index (χ2v) is 22.0. The van der Waals surface area contributed by atoms with Gasteiger partial charge in [0.05, 0.1) is 63.5 Å². The smallest absolute Gasteiger partial charge is 0.337 e. The Kier molecular flexibility index (Phi) is 27.3. The van der Waals surface area contributed by atoms with Crippen molar-refractivity contribution in [2.24, 2.45) is 0 Å². The van der Waals surface area contributed by atoms with Gasteiger partial charge in [-0.2, -0.15) is 0 Å². The van der Waals surface area contributed by atoms with Gasteiger partial charge in [0, 0.05) is 25.9 Å². The van der Waals surface area contributed by atoms with Crippen molar-refractivity contribution in [1.29, 1.82) is 0 Å². The SMILES string of the molecule is Cc1ccc(P(/C(C(=O)O)=C(/C(=O)NCCOCCOCCOCCOCCC(=O)NCCCC[C@H](NC(=O)N[C@@H](CCC(=O)O)C(=O)O)C(=O)O)P(c2ccc(C)cc2)c2ccc(C)cc2)c2ccc(C)cc2)cc1. The van der Waals surface area contributed by atoms with E-state index in [2.05, 4.69) is 21.3 Å². The molecule has 19 nitrogen and oxygen atoms in total. The molecule has 0 aliphatic carbocycles. The van der Waals surface area contributed by atoms with E-state index in [0.717, 1.165) is 43.5 Å². The van der Waals surface area contributed by atoms with Gasteiger partial charge in [-0.25, -0.2) is 19.2 Å². The van der Waals surface area contributed by atoms with E-state index < -0.39 is 70.2 Å². The molecule has 0 aliphatic rings. The maximum absolute atomic E-state index is 14.8. The number of aliphatic carboxylic acids is 4. The second kappa shape index (κ2) is 33.4. The maximum Gasteiger partial charge on any atom is 0.337 e. The molecule has 0 fully saturated rings. The Morgan fingerprint density at radius 3 is 1.22 bits per heavy atom. The molecule has 4 amide bonds. The molecule has 4 aromatic carbocycles. The summed E-state index contributed by atoms with van der Waals surface area (Å²) in [6.45, 7) is 10.2. The molecule has 0 unspecified atom stereocenters. The first-order chi connectivity index (χ1) is 36.4. The van der Waals surface area contributed by atoms with E-state index >= 15 is 0 Å². The molecule has 0 radical (unpaired) electrons. The predicted octanol–water partition coefficient (Wildman–Crippen LogP) is 4.71. The van der Waals surface area contributed by atoms with Gasteiger partial charge in [0.1, 0.15) is 12.1 Å². The Morgan fingerprint density at radius 1 is 0.447 bits per heavy atom. The number of amides is 4. The van der Waals surface area contributed by atoms with Gasteiger partial charge in [0.15, 0.2) is 0 Å². The van der Waals surface area contributed by atoms with Gasteiger partial charge < -0.3 is 60.6 Å². The van der Waals surface area contributed by atoms with Crippen molar-refractivity contribution in [2.45, 2.75) is 78.3 Å². The van der Waals surface area contributed by atoms with Crippen molar-refractivity contribution in [3.05, 3.63) is 130 Å². The first-order valence-corrected chi connectivity index (χ1v) is 27.6. The number of urea groups is 1. The van der Waals surface area contributed by atoms with Gasteiger partial charge in [0.2, 0.25) is 5.91 Å². The van der Waals surface area contributed by atoms with E-state index in [0.29, 0.717) is 12.8 Å². The normalized spacial score (nSPS) is 12.3. The molecule has 0 aliphatic heterocycles. The molecule has 0 heterocycles. The number of nitrogens with one attached hydrogen (secondary N) is 4. The van der Waals surface area contributed by atoms with Gasteiger partial charge in [-0.05, 0) is 90.4 Å². The van der Waals surface area contributed by atoms with Crippen LogP contribution in [0.3, 0.4) is 0 Å². The number of benzene rings is 4. The summed E-state index contributed by atoms with van der Waals surface area (Å²) in [4.78, 5) is 86.7. The highest BCUT2D eigenvalue weighted by Gasteiger charge is 2.36. The van der Waals surface area contributed by atoms with Crippen LogP contribution in [0, 0.1) is 27.7 Å². The number of carboxylic acids is 4. The molecule has 4 rings (SSSR count). The Morgan fingerprint density at radius 2 is 0.829 bits per heavy atom. The number of carboxylic acid groups (broad SMARTS) is 4. The monoisotopic (exact) mass is 1090 g/mol. The van der Waals surface area contributed by atoms with Crippen LogP contribution in [0.15, 0.2) is 108 Å². The van der Waals surface area contributed by atoms with Crippen molar-refractivity contribution < 1.29 is 72.9 Å². The van der Waals surface area contributed by atoms with Crippen molar-refractivity contribution >= 4 is 78.8 Å². The number of rotatable bonds is 35. The third-order valence-corrected chi connectivity index (χ3v) is 16.6. The van der Waals surface area contributed by atoms with Gasteiger partial charge in [0.25, 0.3) is 5.91 Å². The Labute approximate surface area is 445 Å². The molecule has 0 spiro atoms. The molecular weight excluding hydrogens is 1020 g/mol. The minimum Gasteiger partial charge on any atom is -0.481 e. The number of hydrogen-bond acceptors (Lipinski definition) is 11. The standard InChI is InChI=1S/C55H70N4O15P2/c1-37-8-16-41(17-9-37)75(42-18-10-38(2)11-19-42)49(50(54(68)69)76(43-20-12-39(3)13-21-43)44-22-14-40(4)15-23-44)51(63)57-28-30-72-32-34-74-36-35-73-33-31-71-29-26-47(60)56-27-6-5-7-45(52(64)65)58-55(70)59-46(53(66)67)24-25-48(61)62/h8-23,45-46H,5-7,24-36H2,1-4H3,(H,56,60)(H,57,63)(H,61,62)(H,64,65)(H,66,67)(H,68,69)(H2,58,59,70)/b50-49-/t45-,46-/m0/s1. The lowest BCUT2D eigenvalue weighted by molar-refractivity contribution is -0.141. The van der Waals surface area contributed by atoms with E-state index in [1.807, 2.05) is 125 Å². The fourth-order valence-electron chi connectivity index (χ4n) is 7.39. The average Bonchev–Trinajstić information content (AvgIpc) is 3.38. The molecule has 21 heteroatoms. The van der Waals surface area contributed by atoms with E-state index in [9.17, 15) is 48.9 Å². The number of aryl methyl sites for hydroxylation is 4. The van der Waals surface area contributed by atoms with Gasteiger partial charge in [-0.3, -0.25) is 14.4 Å². The molecular formula is C55H70N4O15P2. The summed E-state index contributed by atoms with van der Waals surface area (Å²) in [5.74, 6) is -5.94. The number of hydrogen-bond donors (Lipinski definition) is 8. The zero-order valence-corrected chi connectivity index (χ0v) is 45.2. The third kappa shape index (κ3) is 21.9. The Bertz CT molecular complexity index is 2450. The summed E-state index contributed by atoms with van der Waals surface area (Å²) >= 11 is 0. The van der Waals surface area contributed by atoms with Crippen LogP contribution in [-0.4, -0.2) is 140 Å². The van der Waals surface area contributed by atoms with E-state index in [1.54, 1.807) is 0 Å². The molecule has 4 aromatic rings. The zero-order chi connectivity index (χ0) is 55.4. The molecule has 8 N–H and O–H groups in total. The first kappa shape index (κ1) is 62.0. The van der Waals surface area contributed by atoms with Crippen molar-refractivity contribution in [2.75, 3.05) is 65.9 Å². The minimum atomic E-state index is -1.71. The second-order valence-electron chi connectivity index (χ2n) is 17.6. The van der Waals surface area contributed by atoms with Crippen molar-refractivity contribution in [3.63, 3.8) is 0 Å². The predicted molar refractivity (Wildman–Crippen MR) is 291 cm³/mol. The molecule has 0 aromatic heterocycles. The number of carbonyl (C=O) groups is 7. The highest BCUT2D eigenvalue weighted by molar-refractivity contribution is 7.82. The van der Waals surface area contributed by atoms with Crippen LogP contribution in [0.1, 0.15) is 60.8 Å². The van der Waals surface area contributed by atoms with Gasteiger partial charge >= 0.3 is 29.9 Å².